The molecule has 2 rings (SSSR count). The lowest BCUT2D eigenvalue weighted by molar-refractivity contribution is 0.102. The number of ether oxygens (including phenoxy) is 2. The first kappa shape index (κ1) is 18.4. The van der Waals surface area contributed by atoms with Crippen LogP contribution in [0.15, 0.2) is 30.3 Å². The number of rotatable bonds is 6. The number of amides is 1. The fraction of sp³-hybridized carbons (Fsp3) is 0.235. The maximum absolute atomic E-state index is 13.7. The Hall–Kier alpha value is -1.98. The number of anilines is 1. The summed E-state index contributed by atoms with van der Waals surface area (Å²) in [5, 5.41) is 3.00. The molecule has 2 aromatic carbocycles. The van der Waals surface area contributed by atoms with E-state index in [0.29, 0.717) is 23.1 Å². The van der Waals surface area contributed by atoms with Gasteiger partial charge in [0.25, 0.3) is 5.91 Å². The van der Waals surface area contributed by atoms with E-state index in [0.717, 1.165) is 6.42 Å². The summed E-state index contributed by atoms with van der Waals surface area (Å²) in [7, 11) is 1.45. The van der Waals surface area contributed by atoms with E-state index < -0.39 is 11.7 Å². The molecular formula is C17H16Cl2FNO3. The Bertz CT molecular complexity index is 753. The Morgan fingerprint density at radius 1 is 1.25 bits per heavy atom. The molecule has 0 aliphatic heterocycles. The fourth-order valence-corrected chi connectivity index (χ4v) is 2.42. The van der Waals surface area contributed by atoms with Gasteiger partial charge in [0.05, 0.1) is 24.4 Å². The van der Waals surface area contributed by atoms with Crippen LogP contribution in [0.3, 0.4) is 0 Å². The Morgan fingerprint density at radius 2 is 2.00 bits per heavy atom. The van der Waals surface area contributed by atoms with Crippen molar-refractivity contribution >= 4 is 34.8 Å². The topological polar surface area (TPSA) is 47.6 Å². The van der Waals surface area contributed by atoms with Crippen LogP contribution in [-0.2, 0) is 0 Å². The third-order valence-electron chi connectivity index (χ3n) is 3.12. The van der Waals surface area contributed by atoms with Crippen molar-refractivity contribution in [1.82, 2.24) is 0 Å². The van der Waals surface area contributed by atoms with Crippen molar-refractivity contribution in [2.24, 2.45) is 0 Å². The predicted octanol–water partition coefficient (Wildman–Crippen LogP) is 5.18. The second kappa shape index (κ2) is 8.22. The van der Waals surface area contributed by atoms with Crippen LogP contribution >= 0.6 is 23.2 Å². The Labute approximate surface area is 149 Å². The maximum atomic E-state index is 13.7. The summed E-state index contributed by atoms with van der Waals surface area (Å²) in [6.07, 6.45) is 0.801. The molecule has 1 N–H and O–H groups in total. The number of carbonyl (C=O) groups excluding carboxylic acids is 1. The SMILES string of the molecule is CCCOc1c(Cl)cc(C(=O)Nc2cc(Cl)ccc2F)cc1OC. The molecule has 0 spiro atoms. The molecule has 0 aliphatic carbocycles. The molecule has 7 heteroatoms. The van der Waals surface area contributed by atoms with E-state index in [1.54, 1.807) is 0 Å². The van der Waals surface area contributed by atoms with Crippen LogP contribution in [0, 0.1) is 5.82 Å². The first-order chi connectivity index (χ1) is 11.5. The molecule has 0 aromatic heterocycles. The van der Waals surface area contributed by atoms with E-state index in [4.69, 9.17) is 32.7 Å². The quantitative estimate of drug-likeness (QED) is 0.760. The lowest BCUT2D eigenvalue weighted by Crippen LogP contribution is -2.13. The van der Waals surface area contributed by atoms with Crippen LogP contribution < -0.4 is 14.8 Å². The van der Waals surface area contributed by atoms with Crippen molar-refractivity contribution in [3.05, 3.63) is 51.8 Å². The number of halogens is 3. The molecule has 0 atom stereocenters. The van der Waals surface area contributed by atoms with Crippen molar-refractivity contribution in [3.8, 4) is 11.5 Å². The first-order valence-electron chi connectivity index (χ1n) is 7.23. The molecule has 2 aromatic rings. The van der Waals surface area contributed by atoms with E-state index in [2.05, 4.69) is 5.32 Å². The molecule has 4 nitrogen and oxygen atoms in total. The van der Waals surface area contributed by atoms with Crippen molar-refractivity contribution in [3.63, 3.8) is 0 Å². The summed E-state index contributed by atoms with van der Waals surface area (Å²) in [4.78, 5) is 12.3. The minimum atomic E-state index is -0.589. The average Bonchev–Trinajstić information content (AvgIpc) is 2.56. The van der Waals surface area contributed by atoms with Gasteiger partial charge in [-0.05, 0) is 36.8 Å². The Morgan fingerprint density at radius 3 is 2.67 bits per heavy atom. The summed E-state index contributed by atoms with van der Waals surface area (Å²) in [5.41, 5.74) is 0.189. The van der Waals surface area contributed by atoms with Crippen molar-refractivity contribution < 1.29 is 18.7 Å². The number of benzene rings is 2. The molecule has 1 amide bonds. The van der Waals surface area contributed by atoms with Crippen molar-refractivity contribution in [1.29, 1.82) is 0 Å². The van der Waals surface area contributed by atoms with Gasteiger partial charge in [0.1, 0.15) is 5.82 Å². The summed E-state index contributed by atoms with van der Waals surface area (Å²) >= 11 is 12.0. The molecule has 0 saturated heterocycles. The summed E-state index contributed by atoms with van der Waals surface area (Å²) in [6, 6.07) is 6.81. The molecule has 0 fully saturated rings. The molecule has 0 heterocycles. The zero-order valence-corrected chi connectivity index (χ0v) is 14.7. The van der Waals surface area contributed by atoms with Gasteiger partial charge in [0.15, 0.2) is 11.5 Å². The number of hydrogen-bond donors (Lipinski definition) is 1. The summed E-state index contributed by atoms with van der Waals surface area (Å²) in [6.45, 7) is 2.43. The molecule has 0 aliphatic rings. The standard InChI is InChI=1S/C17H16Cl2FNO3/c1-3-6-24-16-12(19)7-10(8-15(16)23-2)17(22)21-14-9-11(18)4-5-13(14)20/h4-5,7-9H,3,6H2,1-2H3,(H,21,22). The highest BCUT2D eigenvalue weighted by Crippen LogP contribution is 2.36. The highest BCUT2D eigenvalue weighted by atomic mass is 35.5. The summed E-state index contributed by atoms with van der Waals surface area (Å²) in [5.74, 6) is -0.439. The monoisotopic (exact) mass is 371 g/mol. The van der Waals surface area contributed by atoms with E-state index in [9.17, 15) is 9.18 Å². The van der Waals surface area contributed by atoms with Crippen LogP contribution in [0.25, 0.3) is 0 Å². The van der Waals surface area contributed by atoms with Crippen molar-refractivity contribution in [2.75, 3.05) is 19.0 Å². The highest BCUT2D eigenvalue weighted by molar-refractivity contribution is 6.33. The zero-order chi connectivity index (χ0) is 17.7. The van der Waals surface area contributed by atoms with Crippen LogP contribution in [-0.4, -0.2) is 19.6 Å². The normalized spacial score (nSPS) is 10.4. The van der Waals surface area contributed by atoms with Gasteiger partial charge in [-0.15, -0.1) is 0 Å². The lowest BCUT2D eigenvalue weighted by Gasteiger charge is -2.14. The number of methoxy groups -OCH3 is 1. The Balaban J connectivity index is 2.29. The van der Waals surface area contributed by atoms with Crippen LogP contribution in [0.1, 0.15) is 23.7 Å². The maximum Gasteiger partial charge on any atom is 0.255 e. The molecule has 128 valence electrons. The van der Waals surface area contributed by atoms with Crippen LogP contribution in [0.4, 0.5) is 10.1 Å². The van der Waals surface area contributed by atoms with Gasteiger partial charge in [0.2, 0.25) is 0 Å². The minimum absolute atomic E-state index is 0.0195. The molecule has 0 radical (unpaired) electrons. The third-order valence-corrected chi connectivity index (χ3v) is 3.63. The molecule has 0 bridgehead atoms. The van der Waals surface area contributed by atoms with Gasteiger partial charge in [-0.3, -0.25) is 4.79 Å². The van der Waals surface area contributed by atoms with Crippen LogP contribution in [0.5, 0.6) is 11.5 Å². The summed E-state index contributed by atoms with van der Waals surface area (Å²) < 4.78 is 24.5. The van der Waals surface area contributed by atoms with E-state index in [1.165, 1.54) is 37.4 Å². The van der Waals surface area contributed by atoms with Crippen molar-refractivity contribution in [2.45, 2.75) is 13.3 Å². The number of nitrogens with one attached hydrogen (secondary N) is 1. The van der Waals surface area contributed by atoms with Gasteiger partial charge < -0.3 is 14.8 Å². The molecule has 0 unspecified atom stereocenters. The van der Waals surface area contributed by atoms with Gasteiger partial charge in [-0.2, -0.15) is 0 Å². The van der Waals surface area contributed by atoms with Gasteiger partial charge in [0, 0.05) is 10.6 Å². The smallest absolute Gasteiger partial charge is 0.255 e. The molecular weight excluding hydrogens is 356 g/mol. The zero-order valence-electron chi connectivity index (χ0n) is 13.2. The molecule has 24 heavy (non-hydrogen) atoms. The van der Waals surface area contributed by atoms with Gasteiger partial charge in [-0.25, -0.2) is 4.39 Å². The predicted molar refractivity (Wildman–Crippen MR) is 93.2 cm³/mol. The highest BCUT2D eigenvalue weighted by Gasteiger charge is 2.17. The first-order valence-corrected chi connectivity index (χ1v) is 7.98. The Kier molecular flexibility index (Phi) is 6.29. The number of carbonyl (C=O) groups is 1. The van der Waals surface area contributed by atoms with Crippen LogP contribution in [0.2, 0.25) is 10.0 Å². The average molecular weight is 372 g/mol. The second-order valence-corrected chi connectivity index (χ2v) is 5.76. The third kappa shape index (κ3) is 4.30. The van der Waals surface area contributed by atoms with Gasteiger partial charge in [-0.1, -0.05) is 30.1 Å². The second-order valence-electron chi connectivity index (χ2n) is 4.92. The molecule has 0 saturated carbocycles. The minimum Gasteiger partial charge on any atom is -0.493 e. The van der Waals surface area contributed by atoms with E-state index >= 15 is 0 Å². The fourth-order valence-electron chi connectivity index (χ4n) is 1.98. The van der Waals surface area contributed by atoms with E-state index in [1.807, 2.05) is 6.92 Å². The van der Waals surface area contributed by atoms with Gasteiger partial charge >= 0.3 is 0 Å². The van der Waals surface area contributed by atoms with E-state index in [-0.39, 0.29) is 16.3 Å². The largest absolute Gasteiger partial charge is 0.493 e. The lowest BCUT2D eigenvalue weighted by atomic mass is 10.1. The number of hydrogen-bond acceptors (Lipinski definition) is 3.